The number of nitrogens with one attached hydrogen (secondary N) is 2. The van der Waals surface area contributed by atoms with Gasteiger partial charge in [-0.15, -0.1) is 0 Å². The zero-order valence-electron chi connectivity index (χ0n) is 22.0. The number of benzene rings is 2. The molecule has 0 aliphatic carbocycles. The molecule has 1 aliphatic rings. The number of rotatable bonds is 7. The molecule has 40 heavy (non-hydrogen) atoms. The lowest BCUT2D eigenvalue weighted by molar-refractivity contribution is 0.102. The van der Waals surface area contributed by atoms with Gasteiger partial charge in [-0.25, -0.2) is 18.7 Å². The Morgan fingerprint density at radius 3 is 2.75 bits per heavy atom. The molecule has 0 radical (unpaired) electrons. The van der Waals surface area contributed by atoms with Gasteiger partial charge in [0.2, 0.25) is 0 Å². The van der Waals surface area contributed by atoms with E-state index in [2.05, 4.69) is 30.5 Å². The van der Waals surface area contributed by atoms with E-state index in [-0.39, 0.29) is 41.2 Å². The first kappa shape index (κ1) is 27.1. The van der Waals surface area contributed by atoms with E-state index in [1.807, 2.05) is 6.92 Å². The third kappa shape index (κ3) is 5.61. The molecule has 11 heteroatoms. The lowest BCUT2D eigenvalue weighted by atomic mass is 10.0. The number of aliphatic hydroxyl groups excluding tert-OH is 1. The van der Waals surface area contributed by atoms with Crippen LogP contribution in [0.1, 0.15) is 23.1 Å². The van der Waals surface area contributed by atoms with Gasteiger partial charge in [-0.3, -0.25) is 9.78 Å². The molecule has 0 bridgehead atoms. The van der Waals surface area contributed by atoms with Crippen LogP contribution in [0.15, 0.2) is 60.9 Å². The number of carbonyl (C=O) groups is 1. The minimum absolute atomic E-state index is 0.0147. The molecule has 1 aliphatic heterocycles. The number of anilines is 2. The SMILES string of the molecule is COc1cccc(F)c1-c1nccc(C(=O)Nc2cc(F)c(-c3ccc(CO)nc3)cc2N2CCN[C@@H](C)C2)n1. The number of piperazine rings is 1. The number of carbonyl (C=O) groups excluding carboxylic acids is 1. The molecule has 0 saturated carbocycles. The maximum Gasteiger partial charge on any atom is 0.274 e. The molecule has 1 saturated heterocycles. The first-order valence-corrected chi connectivity index (χ1v) is 12.7. The standard InChI is InChI=1S/C29H28F2N6O3/c1-17-15-37(11-10-32-17)25-12-20(18-6-7-19(16-38)34-14-18)22(31)13-24(25)36-29(39)23-8-9-33-28(35-23)27-21(30)4-3-5-26(27)40-2/h3-9,12-14,17,32,38H,10-11,15-16H2,1-2H3,(H,36,39)/t17-/m0/s1. The summed E-state index contributed by atoms with van der Waals surface area (Å²) < 4.78 is 35.3. The van der Waals surface area contributed by atoms with E-state index in [0.29, 0.717) is 42.1 Å². The largest absolute Gasteiger partial charge is 0.496 e. The molecule has 2 aromatic carbocycles. The van der Waals surface area contributed by atoms with Gasteiger partial charge in [-0.1, -0.05) is 12.1 Å². The van der Waals surface area contributed by atoms with E-state index < -0.39 is 17.5 Å². The fourth-order valence-corrected chi connectivity index (χ4v) is 4.66. The summed E-state index contributed by atoms with van der Waals surface area (Å²) in [4.78, 5) is 28.0. The summed E-state index contributed by atoms with van der Waals surface area (Å²) in [6, 6.07) is 12.2. The summed E-state index contributed by atoms with van der Waals surface area (Å²) in [7, 11) is 1.41. The molecule has 1 atom stereocenters. The lowest BCUT2D eigenvalue weighted by Gasteiger charge is -2.35. The minimum atomic E-state index is -0.607. The van der Waals surface area contributed by atoms with Gasteiger partial charge in [0.25, 0.3) is 5.91 Å². The third-order valence-electron chi connectivity index (χ3n) is 6.65. The molecule has 1 fully saturated rings. The summed E-state index contributed by atoms with van der Waals surface area (Å²) in [5, 5.41) is 15.5. The van der Waals surface area contributed by atoms with E-state index in [4.69, 9.17) is 4.74 Å². The molecule has 1 amide bonds. The molecular weight excluding hydrogens is 518 g/mol. The summed E-state index contributed by atoms with van der Waals surface area (Å²) in [6.07, 6.45) is 2.86. The van der Waals surface area contributed by atoms with Crippen molar-refractivity contribution in [1.29, 1.82) is 0 Å². The van der Waals surface area contributed by atoms with Crippen molar-refractivity contribution in [3.8, 4) is 28.3 Å². The van der Waals surface area contributed by atoms with Crippen LogP contribution < -0.4 is 20.3 Å². The molecule has 206 valence electrons. The Balaban J connectivity index is 1.51. The number of aromatic nitrogens is 3. The topological polar surface area (TPSA) is 112 Å². The third-order valence-corrected chi connectivity index (χ3v) is 6.65. The Labute approximate surface area is 229 Å². The number of halogens is 2. The van der Waals surface area contributed by atoms with Crippen molar-refractivity contribution in [3.63, 3.8) is 0 Å². The van der Waals surface area contributed by atoms with Gasteiger partial charge >= 0.3 is 0 Å². The number of amides is 1. The number of methoxy groups -OCH3 is 1. The van der Waals surface area contributed by atoms with Gasteiger partial charge in [0, 0.05) is 55.3 Å². The van der Waals surface area contributed by atoms with Crippen LogP contribution in [0, 0.1) is 11.6 Å². The van der Waals surface area contributed by atoms with Crippen LogP contribution >= 0.6 is 0 Å². The monoisotopic (exact) mass is 546 g/mol. The zero-order chi connectivity index (χ0) is 28.2. The summed E-state index contributed by atoms with van der Waals surface area (Å²) in [5.74, 6) is -1.54. The molecule has 5 rings (SSSR count). The Hall–Kier alpha value is -4.48. The van der Waals surface area contributed by atoms with E-state index in [0.717, 1.165) is 0 Å². The van der Waals surface area contributed by atoms with Gasteiger partial charge in [0.1, 0.15) is 23.1 Å². The van der Waals surface area contributed by atoms with Crippen molar-refractivity contribution < 1.29 is 23.4 Å². The quantitative estimate of drug-likeness (QED) is 0.319. The van der Waals surface area contributed by atoms with Gasteiger partial charge in [-0.05, 0) is 37.3 Å². The molecule has 0 spiro atoms. The second-order valence-corrected chi connectivity index (χ2v) is 9.38. The van der Waals surface area contributed by atoms with Crippen molar-refractivity contribution in [2.24, 2.45) is 0 Å². The predicted molar refractivity (Wildman–Crippen MR) is 147 cm³/mol. The highest BCUT2D eigenvalue weighted by molar-refractivity contribution is 6.05. The van der Waals surface area contributed by atoms with Crippen LogP contribution in [0.5, 0.6) is 5.75 Å². The lowest BCUT2D eigenvalue weighted by Crippen LogP contribution is -2.49. The second kappa shape index (κ2) is 11.7. The fraction of sp³-hybridized carbons (Fsp3) is 0.241. The van der Waals surface area contributed by atoms with Crippen molar-refractivity contribution in [2.45, 2.75) is 19.6 Å². The van der Waals surface area contributed by atoms with Gasteiger partial charge in [-0.2, -0.15) is 0 Å². The Bertz CT molecular complexity index is 1530. The Morgan fingerprint density at radius 1 is 1.18 bits per heavy atom. The number of nitrogens with zero attached hydrogens (tertiary/aromatic N) is 4. The molecule has 2 aromatic heterocycles. The number of hydrogen-bond acceptors (Lipinski definition) is 8. The Morgan fingerprint density at radius 2 is 2.02 bits per heavy atom. The number of pyridine rings is 1. The second-order valence-electron chi connectivity index (χ2n) is 9.38. The van der Waals surface area contributed by atoms with Crippen LogP contribution in [-0.4, -0.2) is 58.8 Å². The highest BCUT2D eigenvalue weighted by atomic mass is 19.1. The molecule has 9 nitrogen and oxygen atoms in total. The van der Waals surface area contributed by atoms with Gasteiger partial charge in [0.05, 0.1) is 36.3 Å². The van der Waals surface area contributed by atoms with E-state index >= 15 is 4.39 Å². The summed E-state index contributed by atoms with van der Waals surface area (Å²) >= 11 is 0. The van der Waals surface area contributed by atoms with Crippen LogP contribution in [0.2, 0.25) is 0 Å². The van der Waals surface area contributed by atoms with E-state index in [1.165, 1.54) is 43.8 Å². The number of aliphatic hydroxyl groups is 1. The molecule has 3 heterocycles. The van der Waals surface area contributed by atoms with E-state index in [1.54, 1.807) is 24.3 Å². The van der Waals surface area contributed by atoms with Crippen molar-refractivity contribution >= 4 is 17.3 Å². The van der Waals surface area contributed by atoms with Crippen molar-refractivity contribution in [2.75, 3.05) is 37.0 Å². The molecular formula is C29H28F2N6O3. The minimum Gasteiger partial charge on any atom is -0.496 e. The van der Waals surface area contributed by atoms with Crippen LogP contribution in [0.25, 0.3) is 22.5 Å². The fourth-order valence-electron chi connectivity index (χ4n) is 4.66. The van der Waals surface area contributed by atoms with Gasteiger partial charge in [0.15, 0.2) is 5.82 Å². The first-order chi connectivity index (χ1) is 19.4. The molecule has 3 N–H and O–H groups in total. The van der Waals surface area contributed by atoms with Crippen LogP contribution in [0.3, 0.4) is 0 Å². The van der Waals surface area contributed by atoms with Crippen molar-refractivity contribution in [3.05, 3.63) is 83.9 Å². The maximum absolute atomic E-state index is 15.5. The zero-order valence-corrected chi connectivity index (χ0v) is 22.0. The van der Waals surface area contributed by atoms with E-state index in [9.17, 15) is 14.3 Å². The number of hydrogen-bond donors (Lipinski definition) is 3. The molecule has 4 aromatic rings. The van der Waals surface area contributed by atoms with Gasteiger partial charge < -0.3 is 25.4 Å². The van der Waals surface area contributed by atoms with Crippen LogP contribution in [-0.2, 0) is 6.61 Å². The van der Waals surface area contributed by atoms with Crippen molar-refractivity contribution in [1.82, 2.24) is 20.3 Å². The smallest absolute Gasteiger partial charge is 0.274 e. The highest BCUT2D eigenvalue weighted by Crippen LogP contribution is 2.35. The average molecular weight is 547 g/mol. The highest BCUT2D eigenvalue weighted by Gasteiger charge is 2.23. The van der Waals surface area contributed by atoms with Crippen LogP contribution in [0.4, 0.5) is 20.2 Å². The maximum atomic E-state index is 15.5. The normalized spacial score (nSPS) is 15.1. The molecule has 0 unspecified atom stereocenters. The number of ether oxygens (including phenoxy) is 1. The Kier molecular flexibility index (Phi) is 7.94. The summed E-state index contributed by atoms with van der Waals surface area (Å²) in [5.41, 5.74) is 2.23. The predicted octanol–water partition coefficient (Wildman–Crippen LogP) is 4.04. The average Bonchev–Trinajstić information content (AvgIpc) is 2.97. The summed E-state index contributed by atoms with van der Waals surface area (Å²) in [6.45, 7) is 3.83. The first-order valence-electron chi connectivity index (χ1n) is 12.7.